The fourth-order valence-corrected chi connectivity index (χ4v) is 3.99. The zero-order valence-corrected chi connectivity index (χ0v) is 16.7. The summed E-state index contributed by atoms with van der Waals surface area (Å²) in [5, 5.41) is 2.97. The third-order valence-electron chi connectivity index (χ3n) is 5.06. The summed E-state index contributed by atoms with van der Waals surface area (Å²) in [6.07, 6.45) is 0. The normalized spacial score (nSPS) is 19.1. The molecule has 2 heterocycles. The summed E-state index contributed by atoms with van der Waals surface area (Å²) < 4.78 is 0. The van der Waals surface area contributed by atoms with Crippen LogP contribution in [0.5, 0.6) is 0 Å². The molecule has 1 aromatic carbocycles. The molecule has 0 spiro atoms. The van der Waals surface area contributed by atoms with Gasteiger partial charge in [0.2, 0.25) is 0 Å². The first-order valence-electron chi connectivity index (χ1n) is 8.70. The van der Waals surface area contributed by atoms with Gasteiger partial charge in [-0.2, -0.15) is 0 Å². The van der Waals surface area contributed by atoms with Gasteiger partial charge in [0.1, 0.15) is 5.54 Å². The van der Waals surface area contributed by atoms with E-state index in [2.05, 4.69) is 10.3 Å². The smallest absolute Gasteiger partial charge is 0.325 e. The summed E-state index contributed by atoms with van der Waals surface area (Å²) in [5.41, 5.74) is 0.843. The predicted octanol–water partition coefficient (Wildman–Crippen LogP) is 3.14. The number of Topliss-reactive ketones (excluding diaryl/α,β-unsaturated/α-hetero) is 2. The number of benzene rings is 1. The van der Waals surface area contributed by atoms with Crippen LogP contribution in [0.15, 0.2) is 24.3 Å². The number of carbonyl (C=O) groups excluding carboxylic acids is 4. The number of rotatable bonds is 5. The summed E-state index contributed by atoms with van der Waals surface area (Å²) in [6, 6.07) is 6.05. The molecule has 7 nitrogen and oxygen atoms in total. The first-order chi connectivity index (χ1) is 13.1. The number of urea groups is 1. The number of nitrogens with one attached hydrogen (secondary N) is 2. The van der Waals surface area contributed by atoms with Crippen LogP contribution in [-0.4, -0.2) is 39.9 Å². The van der Waals surface area contributed by atoms with Gasteiger partial charge in [0.25, 0.3) is 5.91 Å². The van der Waals surface area contributed by atoms with E-state index in [1.807, 2.05) is 0 Å². The monoisotopic (exact) mass is 401 g/mol. The van der Waals surface area contributed by atoms with Crippen LogP contribution in [0.25, 0.3) is 0 Å². The van der Waals surface area contributed by atoms with E-state index in [0.717, 1.165) is 4.90 Å². The van der Waals surface area contributed by atoms with Gasteiger partial charge in [-0.15, -0.1) is 0 Å². The molecule has 0 saturated carbocycles. The van der Waals surface area contributed by atoms with Crippen molar-refractivity contribution in [3.63, 3.8) is 0 Å². The number of hydrogen-bond acceptors (Lipinski definition) is 4. The van der Waals surface area contributed by atoms with Crippen LogP contribution in [0.1, 0.15) is 51.5 Å². The molecule has 1 aliphatic rings. The summed E-state index contributed by atoms with van der Waals surface area (Å²) in [7, 11) is 0. The molecule has 1 atom stereocenters. The maximum atomic E-state index is 13.0. The highest BCUT2D eigenvalue weighted by molar-refractivity contribution is 6.32. The van der Waals surface area contributed by atoms with Crippen molar-refractivity contribution in [2.45, 2.75) is 33.2 Å². The largest absolute Gasteiger partial charge is 0.355 e. The van der Waals surface area contributed by atoms with Crippen LogP contribution in [0.2, 0.25) is 5.02 Å². The zero-order valence-electron chi connectivity index (χ0n) is 16.0. The Balaban J connectivity index is 1.90. The van der Waals surface area contributed by atoms with Crippen LogP contribution in [0.4, 0.5) is 4.79 Å². The molecule has 146 valence electrons. The Morgan fingerprint density at radius 1 is 1.18 bits per heavy atom. The number of aryl methyl sites for hydroxylation is 1. The fourth-order valence-electron chi connectivity index (χ4n) is 3.67. The highest BCUT2D eigenvalue weighted by Crippen LogP contribution is 2.33. The van der Waals surface area contributed by atoms with Gasteiger partial charge in [-0.25, -0.2) is 4.79 Å². The number of H-pyrrole nitrogens is 1. The Morgan fingerprint density at radius 3 is 2.39 bits per heavy atom. The molecule has 1 saturated heterocycles. The predicted molar refractivity (Wildman–Crippen MR) is 104 cm³/mol. The Bertz CT molecular complexity index is 1030. The minimum Gasteiger partial charge on any atom is -0.355 e. The summed E-state index contributed by atoms with van der Waals surface area (Å²) in [5.74, 6) is -1.18. The lowest BCUT2D eigenvalue weighted by atomic mass is 9.92. The van der Waals surface area contributed by atoms with Crippen LogP contribution in [0.3, 0.4) is 0 Å². The van der Waals surface area contributed by atoms with Crippen LogP contribution in [0, 0.1) is 13.8 Å². The Kier molecular flexibility index (Phi) is 4.89. The Morgan fingerprint density at radius 2 is 1.82 bits per heavy atom. The molecule has 1 aromatic heterocycles. The highest BCUT2D eigenvalue weighted by Gasteiger charge is 2.50. The number of amides is 3. The highest BCUT2D eigenvalue weighted by atomic mass is 35.5. The van der Waals surface area contributed by atoms with E-state index in [0.29, 0.717) is 27.4 Å². The van der Waals surface area contributed by atoms with Crippen LogP contribution >= 0.6 is 11.6 Å². The number of ketones is 2. The molecule has 2 aromatic rings. The molecule has 0 unspecified atom stereocenters. The Hall–Kier alpha value is -2.93. The third kappa shape index (κ3) is 3.01. The van der Waals surface area contributed by atoms with Gasteiger partial charge >= 0.3 is 6.03 Å². The van der Waals surface area contributed by atoms with E-state index in [9.17, 15) is 19.2 Å². The van der Waals surface area contributed by atoms with Gasteiger partial charge in [0, 0.05) is 21.8 Å². The molecule has 1 aliphatic heterocycles. The summed E-state index contributed by atoms with van der Waals surface area (Å²) in [6.45, 7) is 5.89. The van der Waals surface area contributed by atoms with Crippen LogP contribution in [-0.2, 0) is 10.3 Å². The van der Waals surface area contributed by atoms with Crippen molar-refractivity contribution < 1.29 is 19.2 Å². The topological polar surface area (TPSA) is 99.3 Å². The van der Waals surface area contributed by atoms with Crippen LogP contribution < -0.4 is 5.32 Å². The van der Waals surface area contributed by atoms with Crippen molar-refractivity contribution in [2.24, 2.45) is 0 Å². The maximum absolute atomic E-state index is 13.0. The van der Waals surface area contributed by atoms with Gasteiger partial charge in [-0.1, -0.05) is 29.8 Å². The van der Waals surface area contributed by atoms with Gasteiger partial charge < -0.3 is 10.3 Å². The van der Waals surface area contributed by atoms with E-state index >= 15 is 0 Å². The standard InChI is InChI=1S/C20H20ClN3O4/c1-10-16(12(3)25)11(2)22-17(10)15(26)9-24-18(27)20(4,23-19(24)28)13-7-5-6-8-14(13)21/h5-8,22H,9H2,1-4H3,(H,23,28)/t20-/m0/s1. The number of aromatic amines is 1. The summed E-state index contributed by atoms with van der Waals surface area (Å²) in [4.78, 5) is 53.8. The van der Waals surface area contributed by atoms with Crippen molar-refractivity contribution in [3.8, 4) is 0 Å². The van der Waals surface area contributed by atoms with Crippen molar-refractivity contribution >= 4 is 35.1 Å². The van der Waals surface area contributed by atoms with Gasteiger partial charge in [0.05, 0.1) is 12.2 Å². The number of carbonyl (C=O) groups is 4. The van der Waals surface area contributed by atoms with E-state index in [1.54, 1.807) is 45.0 Å². The molecule has 3 amide bonds. The average Bonchev–Trinajstić information content (AvgIpc) is 3.03. The lowest BCUT2D eigenvalue weighted by Gasteiger charge is -2.23. The lowest BCUT2D eigenvalue weighted by molar-refractivity contribution is -0.130. The molecular weight excluding hydrogens is 382 g/mol. The fraction of sp³-hybridized carbons (Fsp3) is 0.300. The lowest BCUT2D eigenvalue weighted by Crippen LogP contribution is -2.41. The second-order valence-corrected chi connectivity index (χ2v) is 7.44. The third-order valence-corrected chi connectivity index (χ3v) is 5.39. The molecule has 2 N–H and O–H groups in total. The van der Waals surface area contributed by atoms with Crippen molar-refractivity contribution in [1.29, 1.82) is 0 Å². The van der Waals surface area contributed by atoms with Gasteiger partial charge in [-0.3, -0.25) is 19.3 Å². The van der Waals surface area contributed by atoms with Gasteiger partial charge in [-0.05, 0) is 39.3 Å². The van der Waals surface area contributed by atoms with E-state index in [1.165, 1.54) is 6.92 Å². The van der Waals surface area contributed by atoms with E-state index in [-0.39, 0.29) is 11.5 Å². The molecule has 1 fully saturated rings. The molecule has 8 heteroatoms. The second-order valence-electron chi connectivity index (χ2n) is 7.03. The van der Waals surface area contributed by atoms with Crippen molar-refractivity contribution in [3.05, 3.63) is 57.4 Å². The molecule has 3 rings (SSSR count). The minimum absolute atomic E-state index is 0.161. The molecule has 0 bridgehead atoms. The second kappa shape index (κ2) is 6.91. The van der Waals surface area contributed by atoms with E-state index in [4.69, 9.17) is 11.6 Å². The number of nitrogens with zero attached hydrogens (tertiary/aromatic N) is 1. The number of hydrogen-bond donors (Lipinski definition) is 2. The van der Waals surface area contributed by atoms with E-state index < -0.39 is 29.8 Å². The SMILES string of the molecule is CC(=O)c1c(C)[nH]c(C(=O)CN2C(=O)N[C@@](C)(c3ccccc3Cl)C2=O)c1C. The zero-order chi connectivity index (χ0) is 20.8. The first-order valence-corrected chi connectivity index (χ1v) is 9.08. The molecule has 0 radical (unpaired) electrons. The molecule has 0 aliphatic carbocycles. The molecular formula is C20H20ClN3O4. The number of aromatic nitrogens is 1. The average molecular weight is 402 g/mol. The summed E-state index contributed by atoms with van der Waals surface area (Å²) >= 11 is 6.20. The number of imide groups is 1. The Labute approximate surface area is 167 Å². The minimum atomic E-state index is -1.36. The first kappa shape index (κ1) is 19.8. The quantitative estimate of drug-likeness (QED) is 0.593. The molecule has 28 heavy (non-hydrogen) atoms. The van der Waals surface area contributed by atoms with Crippen molar-refractivity contribution in [1.82, 2.24) is 15.2 Å². The maximum Gasteiger partial charge on any atom is 0.325 e. The van der Waals surface area contributed by atoms with Crippen molar-refractivity contribution in [2.75, 3.05) is 6.54 Å². The number of halogens is 1. The van der Waals surface area contributed by atoms with Gasteiger partial charge in [0.15, 0.2) is 11.6 Å².